The van der Waals surface area contributed by atoms with E-state index in [0.29, 0.717) is 28.7 Å². The van der Waals surface area contributed by atoms with Gasteiger partial charge in [0.25, 0.3) is 0 Å². The molecule has 0 heterocycles. The predicted molar refractivity (Wildman–Crippen MR) is 503 cm³/mol. The molecule has 0 saturated heterocycles. The highest BCUT2D eigenvalue weighted by Gasteiger charge is 2.14. The standard InChI is InChI=1S/5C18H18O4.12CH4/c5*1-2-18(20)22-13-16(19)12-21-17-10-8-15(9-11-17)14-6-4-3-5-7-14;;;;;;;;;;;;/h5*2-11,16,19H,1,12-13H2;12*1H4. The third-order valence-electron chi connectivity index (χ3n) is 14.9. The number of esters is 5. The number of hydrogen-bond acceptors (Lipinski definition) is 20. The summed E-state index contributed by atoms with van der Waals surface area (Å²) in [6.07, 6.45) is 0.872. The maximum atomic E-state index is 10.9. The number of hydrogen-bond donors (Lipinski definition) is 5. The van der Waals surface area contributed by atoms with E-state index in [0.717, 1.165) is 86.0 Å². The summed E-state index contributed by atoms with van der Waals surface area (Å²) in [6.45, 7) is 16.1. The first-order chi connectivity index (χ1) is 53.4. The molecule has 0 aliphatic heterocycles. The highest BCUT2D eigenvalue weighted by atomic mass is 16.6. The molecular formula is C102H138O20. The molecule has 0 radical (unpaired) electrons. The lowest BCUT2D eigenvalue weighted by Crippen LogP contribution is -2.24. The van der Waals surface area contributed by atoms with Gasteiger partial charge >= 0.3 is 29.8 Å². The summed E-state index contributed by atoms with van der Waals surface area (Å²) in [6, 6.07) is 88.0. The third-order valence-corrected chi connectivity index (χ3v) is 14.9. The molecule has 10 aromatic rings. The maximum absolute atomic E-state index is 10.9. The largest absolute Gasteiger partial charge is 0.491 e. The normalized spacial score (nSPS) is 10.4. The van der Waals surface area contributed by atoms with Crippen LogP contribution in [0.2, 0.25) is 0 Å². The number of aliphatic hydroxyl groups is 5. The van der Waals surface area contributed by atoms with Crippen LogP contribution in [0.5, 0.6) is 28.7 Å². The molecule has 0 fully saturated rings. The number of carbonyl (C=O) groups is 5. The fourth-order valence-electron chi connectivity index (χ4n) is 9.26. The Kier molecular flexibility index (Phi) is 71.2. The van der Waals surface area contributed by atoms with E-state index >= 15 is 0 Å². The lowest BCUT2D eigenvalue weighted by molar-refractivity contribution is -0.142. The summed E-state index contributed by atoms with van der Waals surface area (Å²) < 4.78 is 50.9. The Labute approximate surface area is 729 Å². The van der Waals surface area contributed by atoms with Crippen LogP contribution in [0.4, 0.5) is 0 Å². The van der Waals surface area contributed by atoms with Crippen molar-refractivity contribution in [1.29, 1.82) is 0 Å². The van der Waals surface area contributed by atoms with Crippen LogP contribution in [0.1, 0.15) is 89.1 Å². The molecule has 20 heteroatoms. The van der Waals surface area contributed by atoms with Gasteiger partial charge in [-0.25, -0.2) is 24.0 Å². The Morgan fingerprint density at radius 2 is 0.311 bits per heavy atom. The Hall–Kier alpha value is -13.0. The molecule has 0 saturated carbocycles. The topological polar surface area (TPSA) is 279 Å². The van der Waals surface area contributed by atoms with Gasteiger partial charge in [-0.15, -0.1) is 0 Å². The lowest BCUT2D eigenvalue weighted by atomic mass is 10.1. The molecule has 5 unspecified atom stereocenters. The van der Waals surface area contributed by atoms with E-state index in [-0.39, 0.29) is 155 Å². The van der Waals surface area contributed by atoms with Crippen LogP contribution in [0.15, 0.2) is 336 Å². The van der Waals surface area contributed by atoms with Crippen molar-refractivity contribution in [1.82, 2.24) is 0 Å². The second kappa shape index (κ2) is 71.0. The number of benzene rings is 10. The molecule has 5 N–H and O–H groups in total. The van der Waals surface area contributed by atoms with Gasteiger partial charge < -0.3 is 72.9 Å². The third kappa shape index (κ3) is 48.8. The van der Waals surface area contributed by atoms with Gasteiger partial charge in [0.2, 0.25) is 0 Å². The van der Waals surface area contributed by atoms with Gasteiger partial charge in [-0.1, -0.05) is 334 Å². The smallest absolute Gasteiger partial charge is 0.330 e. The van der Waals surface area contributed by atoms with E-state index in [1.165, 1.54) is 0 Å². The summed E-state index contributed by atoms with van der Waals surface area (Å²) in [4.78, 5) is 54.4. The molecule has 666 valence electrons. The van der Waals surface area contributed by atoms with Crippen molar-refractivity contribution < 1.29 is 96.9 Å². The van der Waals surface area contributed by atoms with Gasteiger partial charge in [-0.3, -0.25) is 0 Å². The zero-order chi connectivity index (χ0) is 78.9. The Morgan fingerprint density at radius 3 is 0.426 bits per heavy atom. The molecule has 0 aliphatic rings. The molecule has 10 rings (SSSR count). The minimum atomic E-state index is -0.877. The Bertz CT molecular complexity index is 3680. The van der Waals surface area contributed by atoms with E-state index in [9.17, 15) is 49.5 Å². The minimum Gasteiger partial charge on any atom is -0.491 e. The van der Waals surface area contributed by atoms with E-state index in [2.05, 4.69) is 32.9 Å². The van der Waals surface area contributed by atoms with Gasteiger partial charge in [-0.05, 0) is 116 Å². The summed E-state index contributed by atoms with van der Waals surface area (Å²) >= 11 is 0. The van der Waals surface area contributed by atoms with Crippen LogP contribution in [-0.2, 0) is 47.7 Å². The van der Waals surface area contributed by atoms with Crippen molar-refractivity contribution in [2.45, 2.75) is 120 Å². The predicted octanol–water partition coefficient (Wildman–Crippen LogP) is 21.7. The van der Waals surface area contributed by atoms with Crippen molar-refractivity contribution in [3.8, 4) is 84.4 Å². The quantitative estimate of drug-likeness (QED) is 0.0140. The Balaban J connectivity index is -0.000000264. The second-order valence-electron chi connectivity index (χ2n) is 23.4. The average molecular weight is 1680 g/mol. The van der Waals surface area contributed by atoms with E-state index < -0.39 is 60.4 Å². The summed E-state index contributed by atoms with van der Waals surface area (Å²) in [7, 11) is 0. The fourth-order valence-corrected chi connectivity index (χ4v) is 9.26. The SMILES string of the molecule is C.C.C.C.C.C.C.C.C.C.C.C.C=CC(=O)OCC(O)COc1ccc(-c2ccccc2)cc1.C=CC(=O)OCC(O)COc1ccc(-c2ccccc2)cc1.C=CC(=O)OCC(O)COc1ccc(-c2ccccc2)cc1.C=CC(=O)OCC(O)COc1ccc(-c2ccccc2)cc1.C=CC(=O)OCC(O)COc1ccc(-c2ccccc2)cc1. The molecular weight excluding hydrogens is 1550 g/mol. The minimum absolute atomic E-state index is 0. The second-order valence-corrected chi connectivity index (χ2v) is 23.4. The molecule has 5 atom stereocenters. The molecule has 0 aliphatic carbocycles. The van der Waals surface area contributed by atoms with Gasteiger partial charge in [0, 0.05) is 30.4 Å². The zero-order valence-corrected chi connectivity index (χ0v) is 60.7. The van der Waals surface area contributed by atoms with Crippen LogP contribution in [0, 0.1) is 0 Å². The molecule has 0 aromatic heterocycles. The molecule has 0 amide bonds. The first kappa shape index (κ1) is 122. The summed E-state index contributed by atoms with van der Waals surface area (Å²) in [5.41, 5.74) is 11.1. The monoisotopic (exact) mass is 1680 g/mol. The fraction of sp³-hybridized carbons (Fsp3) is 0.265. The first-order valence-electron chi connectivity index (χ1n) is 34.7. The van der Waals surface area contributed by atoms with Crippen LogP contribution in [0.25, 0.3) is 55.6 Å². The summed E-state index contributed by atoms with van der Waals surface area (Å²) in [5.74, 6) is 0.417. The molecule has 0 bridgehead atoms. The number of rotatable bonds is 35. The summed E-state index contributed by atoms with van der Waals surface area (Å²) in [5, 5.41) is 48.3. The first-order valence-corrected chi connectivity index (χ1v) is 34.7. The molecule has 10 aromatic carbocycles. The van der Waals surface area contributed by atoms with Crippen LogP contribution < -0.4 is 23.7 Å². The average Bonchev–Trinajstić information content (AvgIpc) is 0.888. The number of ether oxygens (including phenoxy) is 10. The van der Waals surface area contributed by atoms with Crippen molar-refractivity contribution in [3.05, 3.63) is 336 Å². The lowest BCUT2D eigenvalue weighted by Gasteiger charge is -2.12. The van der Waals surface area contributed by atoms with Crippen LogP contribution in [0.3, 0.4) is 0 Å². The van der Waals surface area contributed by atoms with Crippen LogP contribution in [-0.4, -0.2) is 152 Å². The van der Waals surface area contributed by atoms with E-state index in [4.69, 9.17) is 47.4 Å². The van der Waals surface area contributed by atoms with Gasteiger partial charge in [0.1, 0.15) is 125 Å². The van der Waals surface area contributed by atoms with Gasteiger partial charge in [0.05, 0.1) is 0 Å². The zero-order valence-electron chi connectivity index (χ0n) is 60.7. The molecule has 0 spiro atoms. The maximum Gasteiger partial charge on any atom is 0.330 e. The van der Waals surface area contributed by atoms with E-state index in [1.807, 2.05) is 273 Å². The van der Waals surface area contributed by atoms with Crippen LogP contribution >= 0.6 is 0 Å². The van der Waals surface area contributed by atoms with Crippen molar-refractivity contribution >= 4 is 29.8 Å². The van der Waals surface area contributed by atoms with Crippen molar-refractivity contribution in [3.63, 3.8) is 0 Å². The Morgan fingerprint density at radius 1 is 0.197 bits per heavy atom. The number of carbonyl (C=O) groups excluding carboxylic acids is 5. The van der Waals surface area contributed by atoms with Gasteiger partial charge in [0.15, 0.2) is 0 Å². The highest BCUT2D eigenvalue weighted by Crippen LogP contribution is 2.27. The van der Waals surface area contributed by atoms with E-state index in [1.54, 1.807) is 0 Å². The number of aliphatic hydroxyl groups excluding tert-OH is 5. The van der Waals surface area contributed by atoms with Crippen molar-refractivity contribution in [2.24, 2.45) is 0 Å². The molecule has 20 nitrogen and oxygen atoms in total. The highest BCUT2D eigenvalue weighted by molar-refractivity contribution is 5.83. The van der Waals surface area contributed by atoms with Crippen molar-refractivity contribution in [2.75, 3.05) is 66.1 Å². The molecule has 122 heavy (non-hydrogen) atoms. The van der Waals surface area contributed by atoms with Gasteiger partial charge in [-0.2, -0.15) is 0 Å².